The van der Waals surface area contributed by atoms with E-state index in [2.05, 4.69) is 4.98 Å². The minimum Gasteiger partial charge on any atom is -0.503 e. The second-order valence-electron chi connectivity index (χ2n) is 7.05. The summed E-state index contributed by atoms with van der Waals surface area (Å²) in [6, 6.07) is 13.9. The summed E-state index contributed by atoms with van der Waals surface area (Å²) < 4.78 is 10.2. The minimum atomic E-state index is -0.947. The molecular weight excluding hydrogens is 412 g/mol. The number of hydrogen-bond donors (Lipinski definition) is 1. The molecule has 3 heterocycles. The van der Waals surface area contributed by atoms with Crippen LogP contribution >= 0.6 is 0 Å². The van der Waals surface area contributed by atoms with Crippen LogP contribution in [-0.2, 0) is 20.7 Å². The van der Waals surface area contributed by atoms with Gasteiger partial charge in [-0.2, -0.15) is 0 Å². The van der Waals surface area contributed by atoms with Gasteiger partial charge in [-0.25, -0.2) is 0 Å². The number of furan rings is 1. The number of anilines is 1. The standard InChI is InChI=1S/C24H20N2O6/c1-2-31-19(27)14-15-8-10-16(11-9-15)26-21(17-6-3-4-12-25-17)20(23(29)24(26)30)22(28)18-7-5-13-32-18/h3-13,21,29H,2,14H2,1H3. The number of benzene rings is 1. The average Bonchev–Trinajstić information content (AvgIpc) is 3.42. The number of ether oxygens (including phenoxy) is 1. The third kappa shape index (κ3) is 3.90. The number of ketones is 1. The molecule has 1 aromatic carbocycles. The molecule has 32 heavy (non-hydrogen) atoms. The van der Waals surface area contributed by atoms with Gasteiger partial charge in [-0.1, -0.05) is 18.2 Å². The van der Waals surface area contributed by atoms with E-state index < -0.39 is 23.5 Å². The second-order valence-corrected chi connectivity index (χ2v) is 7.05. The molecule has 0 spiro atoms. The van der Waals surface area contributed by atoms with Crippen molar-refractivity contribution in [3.63, 3.8) is 0 Å². The van der Waals surface area contributed by atoms with Crippen molar-refractivity contribution in [2.45, 2.75) is 19.4 Å². The molecule has 1 amide bonds. The molecule has 2 aromatic heterocycles. The van der Waals surface area contributed by atoms with E-state index in [1.165, 1.54) is 17.2 Å². The number of rotatable bonds is 7. The number of hydrogen-bond acceptors (Lipinski definition) is 7. The van der Waals surface area contributed by atoms with Crippen LogP contribution < -0.4 is 4.90 Å². The Labute approximate surface area is 183 Å². The molecule has 0 fully saturated rings. The maximum absolute atomic E-state index is 13.1. The fourth-order valence-corrected chi connectivity index (χ4v) is 3.61. The van der Waals surface area contributed by atoms with E-state index in [1.54, 1.807) is 61.7 Å². The molecule has 0 bridgehead atoms. The predicted octanol–water partition coefficient (Wildman–Crippen LogP) is 3.56. The smallest absolute Gasteiger partial charge is 0.310 e. The lowest BCUT2D eigenvalue weighted by molar-refractivity contribution is -0.142. The summed E-state index contributed by atoms with van der Waals surface area (Å²) in [5, 5.41) is 10.7. The van der Waals surface area contributed by atoms with E-state index in [0.717, 1.165) is 0 Å². The topological polar surface area (TPSA) is 110 Å². The van der Waals surface area contributed by atoms with Crippen molar-refractivity contribution >= 4 is 23.3 Å². The number of esters is 1. The van der Waals surface area contributed by atoms with Crippen molar-refractivity contribution in [3.05, 3.63) is 95.4 Å². The molecule has 4 rings (SSSR count). The summed E-state index contributed by atoms with van der Waals surface area (Å²) in [4.78, 5) is 43.5. The van der Waals surface area contributed by atoms with Crippen molar-refractivity contribution in [2.24, 2.45) is 0 Å². The molecule has 1 aliphatic rings. The van der Waals surface area contributed by atoms with Gasteiger partial charge in [0.15, 0.2) is 11.5 Å². The Morgan fingerprint density at radius 2 is 1.91 bits per heavy atom. The van der Waals surface area contributed by atoms with E-state index in [1.807, 2.05) is 0 Å². The van der Waals surface area contributed by atoms with Crippen molar-refractivity contribution in [1.82, 2.24) is 4.98 Å². The molecule has 8 nitrogen and oxygen atoms in total. The zero-order valence-corrected chi connectivity index (χ0v) is 17.2. The SMILES string of the molecule is CCOC(=O)Cc1ccc(N2C(=O)C(O)=C(C(=O)c3ccco3)C2c2ccccn2)cc1. The maximum Gasteiger partial charge on any atom is 0.310 e. The van der Waals surface area contributed by atoms with Gasteiger partial charge in [-0.05, 0) is 48.9 Å². The van der Waals surface area contributed by atoms with Gasteiger partial charge in [0.2, 0.25) is 5.78 Å². The van der Waals surface area contributed by atoms with Crippen LogP contribution in [0.15, 0.2) is 82.8 Å². The normalized spacial score (nSPS) is 15.8. The van der Waals surface area contributed by atoms with Gasteiger partial charge in [0, 0.05) is 11.9 Å². The highest BCUT2D eigenvalue weighted by Gasteiger charge is 2.45. The Kier molecular flexibility index (Phi) is 5.85. The average molecular weight is 432 g/mol. The first-order valence-electron chi connectivity index (χ1n) is 10.0. The number of carbonyl (C=O) groups is 3. The number of aliphatic hydroxyl groups excluding tert-OH is 1. The van der Waals surface area contributed by atoms with Crippen molar-refractivity contribution in [3.8, 4) is 0 Å². The van der Waals surface area contributed by atoms with Gasteiger partial charge in [0.05, 0.1) is 30.6 Å². The molecule has 1 N–H and O–H groups in total. The largest absolute Gasteiger partial charge is 0.503 e. The van der Waals surface area contributed by atoms with Crippen molar-refractivity contribution < 1.29 is 28.6 Å². The molecule has 0 radical (unpaired) electrons. The number of pyridine rings is 1. The highest BCUT2D eigenvalue weighted by molar-refractivity contribution is 6.20. The Morgan fingerprint density at radius 1 is 1.12 bits per heavy atom. The van der Waals surface area contributed by atoms with E-state index in [9.17, 15) is 19.5 Å². The fraction of sp³-hybridized carbons (Fsp3) is 0.167. The molecule has 1 atom stereocenters. The van der Waals surface area contributed by atoms with Gasteiger partial charge in [0.25, 0.3) is 5.91 Å². The Morgan fingerprint density at radius 3 is 2.53 bits per heavy atom. The Bertz CT molecular complexity index is 1170. The third-order valence-corrected chi connectivity index (χ3v) is 5.03. The molecule has 1 unspecified atom stereocenters. The van der Waals surface area contributed by atoms with Crippen molar-refractivity contribution in [1.29, 1.82) is 0 Å². The first-order chi connectivity index (χ1) is 15.5. The van der Waals surface area contributed by atoms with Gasteiger partial charge in [-0.3, -0.25) is 24.3 Å². The number of amides is 1. The third-order valence-electron chi connectivity index (χ3n) is 5.03. The summed E-state index contributed by atoms with van der Waals surface area (Å²) in [6.07, 6.45) is 2.99. The number of aromatic nitrogens is 1. The van der Waals surface area contributed by atoms with Crippen LogP contribution in [0.2, 0.25) is 0 Å². The van der Waals surface area contributed by atoms with Crippen molar-refractivity contribution in [2.75, 3.05) is 11.5 Å². The lowest BCUT2D eigenvalue weighted by Crippen LogP contribution is -2.31. The van der Waals surface area contributed by atoms with Crippen LogP contribution in [0.3, 0.4) is 0 Å². The van der Waals surface area contributed by atoms with Crippen LogP contribution in [0.1, 0.15) is 34.8 Å². The molecule has 8 heteroatoms. The Balaban J connectivity index is 1.72. The van der Waals surface area contributed by atoms with Crippen LogP contribution in [0.5, 0.6) is 0 Å². The van der Waals surface area contributed by atoms with Crippen LogP contribution in [0.4, 0.5) is 5.69 Å². The molecule has 1 aliphatic heterocycles. The molecule has 0 saturated carbocycles. The highest BCUT2D eigenvalue weighted by Crippen LogP contribution is 2.41. The zero-order chi connectivity index (χ0) is 22.7. The number of nitrogens with zero attached hydrogens (tertiary/aromatic N) is 2. The molecule has 0 saturated heterocycles. The van der Waals surface area contributed by atoms with Crippen LogP contribution in [0.25, 0.3) is 0 Å². The van der Waals surface area contributed by atoms with Crippen LogP contribution in [-0.4, -0.2) is 34.4 Å². The van der Waals surface area contributed by atoms with E-state index in [4.69, 9.17) is 9.15 Å². The van der Waals surface area contributed by atoms with Gasteiger partial charge < -0.3 is 14.3 Å². The summed E-state index contributed by atoms with van der Waals surface area (Å²) in [6.45, 7) is 2.03. The molecule has 162 valence electrons. The lowest BCUT2D eigenvalue weighted by Gasteiger charge is -2.26. The highest BCUT2D eigenvalue weighted by atomic mass is 16.5. The minimum absolute atomic E-state index is 0.00640. The van der Waals surface area contributed by atoms with E-state index in [0.29, 0.717) is 23.6 Å². The molecule has 0 aliphatic carbocycles. The monoisotopic (exact) mass is 432 g/mol. The number of Topliss-reactive ketones (excluding diaryl/α,β-unsaturated/α-hetero) is 1. The molecular formula is C24H20N2O6. The van der Waals surface area contributed by atoms with Crippen LogP contribution in [0, 0.1) is 0 Å². The maximum atomic E-state index is 13.1. The zero-order valence-electron chi connectivity index (χ0n) is 17.2. The molecule has 3 aromatic rings. The van der Waals surface area contributed by atoms with E-state index in [-0.39, 0.29) is 23.7 Å². The summed E-state index contributed by atoms with van der Waals surface area (Å²) >= 11 is 0. The summed E-state index contributed by atoms with van der Waals surface area (Å²) in [5.74, 6) is -2.33. The second kappa shape index (κ2) is 8.89. The van der Waals surface area contributed by atoms with Gasteiger partial charge >= 0.3 is 5.97 Å². The predicted molar refractivity (Wildman–Crippen MR) is 114 cm³/mol. The number of aliphatic hydroxyl groups is 1. The summed E-state index contributed by atoms with van der Waals surface area (Å²) in [7, 11) is 0. The number of carbonyl (C=O) groups excluding carboxylic acids is 3. The lowest BCUT2D eigenvalue weighted by atomic mass is 9.98. The summed E-state index contributed by atoms with van der Waals surface area (Å²) in [5.41, 5.74) is 1.44. The quantitative estimate of drug-likeness (QED) is 0.449. The van der Waals surface area contributed by atoms with E-state index >= 15 is 0 Å². The van der Waals surface area contributed by atoms with Gasteiger partial charge in [-0.15, -0.1) is 0 Å². The first-order valence-corrected chi connectivity index (χ1v) is 10.0. The Hall–Kier alpha value is -4.20. The first kappa shape index (κ1) is 21.0. The fourth-order valence-electron chi connectivity index (χ4n) is 3.61. The van der Waals surface area contributed by atoms with Gasteiger partial charge in [0.1, 0.15) is 6.04 Å².